The predicted molar refractivity (Wildman–Crippen MR) is 437 cm³/mol. The van der Waals surface area contributed by atoms with Crippen LogP contribution in [0, 0.1) is 23.7 Å². The Hall–Kier alpha value is -1.94. The van der Waals surface area contributed by atoms with Crippen LogP contribution >= 0.6 is 15.6 Å². The molecule has 0 saturated heterocycles. The van der Waals surface area contributed by atoms with Gasteiger partial charge >= 0.3 is 39.5 Å². The molecule has 0 rings (SSSR count). The van der Waals surface area contributed by atoms with Crippen molar-refractivity contribution in [3.8, 4) is 0 Å². The molecule has 19 heteroatoms. The smallest absolute Gasteiger partial charge is 0.462 e. The number of carbonyl (C=O) groups excluding carboxylic acids is 4. The van der Waals surface area contributed by atoms with Crippen LogP contribution < -0.4 is 0 Å². The average Bonchev–Trinajstić information content (AvgIpc) is 0.901. The number of aliphatic hydroxyl groups is 1. The number of esters is 4. The molecule has 0 fully saturated rings. The maximum Gasteiger partial charge on any atom is 0.472 e. The molecule has 630 valence electrons. The van der Waals surface area contributed by atoms with Crippen molar-refractivity contribution in [3.05, 3.63) is 0 Å². The van der Waals surface area contributed by atoms with E-state index in [9.17, 15) is 43.2 Å². The van der Waals surface area contributed by atoms with Gasteiger partial charge in [0.1, 0.15) is 19.3 Å². The number of aliphatic hydroxyl groups excluding tert-OH is 1. The molecule has 0 radical (unpaired) electrons. The third-order valence-electron chi connectivity index (χ3n) is 20.7. The van der Waals surface area contributed by atoms with Crippen LogP contribution in [-0.4, -0.2) is 96.7 Å². The van der Waals surface area contributed by atoms with Gasteiger partial charge in [0.15, 0.2) is 12.2 Å². The first-order valence-electron chi connectivity index (χ1n) is 44.7. The minimum Gasteiger partial charge on any atom is -0.462 e. The number of hydrogen-bond acceptors (Lipinski definition) is 15. The van der Waals surface area contributed by atoms with Gasteiger partial charge in [0.05, 0.1) is 26.4 Å². The minimum absolute atomic E-state index is 0.107. The number of hydrogen-bond donors (Lipinski definition) is 3. The van der Waals surface area contributed by atoms with Crippen molar-refractivity contribution >= 4 is 39.5 Å². The molecule has 0 spiro atoms. The summed E-state index contributed by atoms with van der Waals surface area (Å²) in [4.78, 5) is 73.2. The molecule has 0 amide bonds. The molecule has 0 saturated carbocycles. The second-order valence-corrected chi connectivity index (χ2v) is 35.9. The topological polar surface area (TPSA) is 237 Å². The Labute approximate surface area is 651 Å². The van der Waals surface area contributed by atoms with Crippen molar-refractivity contribution in [2.45, 2.75) is 472 Å². The lowest BCUT2D eigenvalue weighted by molar-refractivity contribution is -0.161. The fourth-order valence-electron chi connectivity index (χ4n) is 13.5. The molecule has 6 atom stereocenters. The summed E-state index contributed by atoms with van der Waals surface area (Å²) in [6.45, 7) is 14.3. The molecule has 0 aliphatic heterocycles. The highest BCUT2D eigenvalue weighted by Gasteiger charge is 2.31. The molecule has 17 nitrogen and oxygen atoms in total. The van der Waals surface area contributed by atoms with Crippen LogP contribution in [0.15, 0.2) is 0 Å². The van der Waals surface area contributed by atoms with E-state index in [4.69, 9.17) is 37.0 Å². The summed E-state index contributed by atoms with van der Waals surface area (Å²) < 4.78 is 68.9. The van der Waals surface area contributed by atoms with E-state index in [1.165, 1.54) is 250 Å². The average molecular weight is 1550 g/mol. The van der Waals surface area contributed by atoms with Crippen LogP contribution in [0.25, 0.3) is 0 Å². The lowest BCUT2D eigenvalue weighted by Gasteiger charge is -2.21. The van der Waals surface area contributed by atoms with Gasteiger partial charge in [0.2, 0.25) is 0 Å². The number of phosphoric acid groups is 2. The second kappa shape index (κ2) is 75.7. The first-order valence-corrected chi connectivity index (χ1v) is 47.7. The van der Waals surface area contributed by atoms with Crippen LogP contribution in [0.5, 0.6) is 0 Å². The summed E-state index contributed by atoms with van der Waals surface area (Å²) in [5.41, 5.74) is 0. The molecule has 0 aliphatic carbocycles. The van der Waals surface area contributed by atoms with Crippen molar-refractivity contribution in [1.29, 1.82) is 0 Å². The predicted octanol–water partition coefficient (Wildman–Crippen LogP) is 26.3. The first-order chi connectivity index (χ1) is 51.1. The number of ether oxygens (including phenoxy) is 4. The van der Waals surface area contributed by atoms with Gasteiger partial charge in [-0.15, -0.1) is 0 Å². The van der Waals surface area contributed by atoms with Gasteiger partial charge in [-0.2, -0.15) is 0 Å². The Balaban J connectivity index is 5.17. The lowest BCUT2D eigenvalue weighted by atomic mass is 9.99. The number of rotatable bonds is 84. The Morgan fingerprint density at radius 3 is 0.670 bits per heavy atom. The van der Waals surface area contributed by atoms with Crippen LogP contribution in [0.3, 0.4) is 0 Å². The van der Waals surface area contributed by atoms with Gasteiger partial charge in [-0.25, -0.2) is 9.13 Å². The normalized spacial score (nSPS) is 14.2. The van der Waals surface area contributed by atoms with Crippen LogP contribution in [0.2, 0.25) is 0 Å². The molecule has 0 heterocycles. The van der Waals surface area contributed by atoms with E-state index in [2.05, 4.69) is 55.4 Å². The van der Waals surface area contributed by atoms with Gasteiger partial charge in [-0.05, 0) is 49.4 Å². The van der Waals surface area contributed by atoms with E-state index in [0.717, 1.165) is 114 Å². The van der Waals surface area contributed by atoms with E-state index >= 15 is 0 Å². The third kappa shape index (κ3) is 78.7. The molecule has 106 heavy (non-hydrogen) atoms. The summed E-state index contributed by atoms with van der Waals surface area (Å²) in [5.74, 6) is 1.03. The molecule has 0 aliphatic rings. The molecular formula is C87H170O17P2. The minimum atomic E-state index is -4.97. The SMILES string of the molecule is CCC(C)CCCCCCCCCCCCCCCCCCCCC(=O)O[C@H](COC(=O)CCCCCCCCC(C)C)COP(=O)(O)OC[C@H](O)COP(=O)(O)OC[C@@H](COC(=O)CCCCCCCCCCCCCC(C)C)OC(=O)CCCCCCCCCCCCCCCCCCCCC(C)C. The lowest BCUT2D eigenvalue weighted by Crippen LogP contribution is -2.30. The van der Waals surface area contributed by atoms with Gasteiger partial charge in [0.25, 0.3) is 0 Å². The molecular weight excluding hydrogens is 1380 g/mol. The standard InChI is InChI=1S/C87H170O17P2/c1-9-80(8)66-58-50-41-35-29-23-19-15-11-13-17-21-25-31-38-44-54-62-70-87(92)104-83(74-98-85(90)68-60-52-46-45-49-57-65-79(6)7)76-102-106(95,96)100-72-81(88)71-99-105(93,94)101-75-82(73-97-84(89)67-59-51-42-36-32-26-28-34-40-48-56-64-78(4)5)103-86(91)69-61-53-43-37-30-24-20-16-12-10-14-18-22-27-33-39-47-55-63-77(2)3/h77-83,88H,9-76H2,1-8H3,(H,93,94)(H,95,96)/t80?,81-,82-,83-/m1/s1. The highest BCUT2D eigenvalue weighted by atomic mass is 31.2. The Morgan fingerprint density at radius 1 is 0.264 bits per heavy atom. The van der Waals surface area contributed by atoms with Crippen molar-refractivity contribution in [3.63, 3.8) is 0 Å². The molecule has 0 aromatic heterocycles. The van der Waals surface area contributed by atoms with Gasteiger partial charge in [0, 0.05) is 25.7 Å². The Kier molecular flexibility index (Phi) is 74.3. The molecule has 0 aromatic carbocycles. The largest absolute Gasteiger partial charge is 0.472 e. The maximum atomic E-state index is 13.1. The summed E-state index contributed by atoms with van der Waals surface area (Å²) in [6, 6.07) is 0. The first kappa shape index (κ1) is 104. The zero-order chi connectivity index (χ0) is 78.1. The van der Waals surface area contributed by atoms with Gasteiger partial charge in [-0.3, -0.25) is 37.3 Å². The number of phosphoric ester groups is 2. The van der Waals surface area contributed by atoms with E-state index in [-0.39, 0.29) is 25.7 Å². The zero-order valence-electron chi connectivity index (χ0n) is 70.1. The van der Waals surface area contributed by atoms with Crippen molar-refractivity contribution < 1.29 is 80.2 Å². The Bertz CT molecular complexity index is 2060. The molecule has 3 N–H and O–H groups in total. The zero-order valence-corrected chi connectivity index (χ0v) is 71.9. The fraction of sp³-hybridized carbons (Fsp3) is 0.954. The van der Waals surface area contributed by atoms with Crippen LogP contribution in [0.4, 0.5) is 0 Å². The molecule has 0 bridgehead atoms. The van der Waals surface area contributed by atoms with Gasteiger partial charge in [-0.1, -0.05) is 402 Å². The van der Waals surface area contributed by atoms with Crippen molar-refractivity contribution in [2.75, 3.05) is 39.6 Å². The van der Waals surface area contributed by atoms with Crippen molar-refractivity contribution in [1.82, 2.24) is 0 Å². The second-order valence-electron chi connectivity index (χ2n) is 33.0. The van der Waals surface area contributed by atoms with Crippen molar-refractivity contribution in [2.24, 2.45) is 23.7 Å². The molecule has 3 unspecified atom stereocenters. The Morgan fingerprint density at radius 2 is 0.453 bits per heavy atom. The van der Waals surface area contributed by atoms with E-state index < -0.39 is 97.5 Å². The quantitative estimate of drug-likeness (QED) is 0.0222. The monoisotopic (exact) mass is 1550 g/mol. The van der Waals surface area contributed by atoms with E-state index in [1.54, 1.807) is 0 Å². The van der Waals surface area contributed by atoms with E-state index in [1.807, 2.05) is 0 Å². The number of unbranched alkanes of at least 4 members (excludes halogenated alkanes) is 49. The van der Waals surface area contributed by atoms with Crippen LogP contribution in [0.1, 0.15) is 453 Å². The highest BCUT2D eigenvalue weighted by molar-refractivity contribution is 7.47. The number of carbonyl (C=O) groups is 4. The molecule has 0 aromatic rings. The van der Waals surface area contributed by atoms with E-state index in [0.29, 0.717) is 31.6 Å². The summed E-state index contributed by atoms with van der Waals surface area (Å²) in [5, 5.41) is 10.7. The van der Waals surface area contributed by atoms with Crippen LogP contribution in [-0.2, 0) is 65.4 Å². The summed E-state index contributed by atoms with van der Waals surface area (Å²) >= 11 is 0. The third-order valence-corrected chi connectivity index (χ3v) is 22.6. The summed E-state index contributed by atoms with van der Waals surface area (Å²) in [6.07, 6.45) is 65.5. The highest BCUT2D eigenvalue weighted by Crippen LogP contribution is 2.45. The summed E-state index contributed by atoms with van der Waals surface area (Å²) in [7, 11) is -9.93. The van der Waals surface area contributed by atoms with Gasteiger partial charge < -0.3 is 33.8 Å². The fourth-order valence-corrected chi connectivity index (χ4v) is 15.0. The maximum absolute atomic E-state index is 13.1.